The molecule has 3 heterocycles. The molecular formula is C27H34N6O2. The van der Waals surface area contributed by atoms with Crippen LogP contribution in [-0.4, -0.2) is 40.1 Å². The molecule has 1 fully saturated rings. The number of aromatic nitrogens is 3. The Morgan fingerprint density at radius 1 is 1.09 bits per heavy atom. The summed E-state index contributed by atoms with van der Waals surface area (Å²) >= 11 is 0. The Balaban J connectivity index is 1.38. The number of fused-ring (bicyclic) bond motifs is 1. The molecule has 8 nitrogen and oxygen atoms in total. The molecule has 5 rings (SSSR count). The fourth-order valence-electron chi connectivity index (χ4n) is 5.17. The molecule has 0 unspecified atom stereocenters. The fraction of sp³-hybridized carbons (Fsp3) is 0.444. The lowest BCUT2D eigenvalue weighted by atomic mass is 9.84. The largest absolute Gasteiger partial charge is 0.493 e. The highest BCUT2D eigenvalue weighted by Crippen LogP contribution is 2.33. The number of carbonyl (C=O) groups is 1. The van der Waals surface area contributed by atoms with E-state index in [1.165, 1.54) is 32.1 Å². The third-order valence-electron chi connectivity index (χ3n) is 7.01. The molecule has 3 aromatic rings. The first-order chi connectivity index (χ1) is 17.2. The second kappa shape index (κ2) is 10.8. The van der Waals surface area contributed by atoms with E-state index in [9.17, 15) is 4.79 Å². The lowest BCUT2D eigenvalue weighted by Crippen LogP contribution is -2.43. The summed E-state index contributed by atoms with van der Waals surface area (Å²) in [6.45, 7) is 0.598. The Labute approximate surface area is 206 Å². The van der Waals surface area contributed by atoms with E-state index in [0.29, 0.717) is 24.3 Å². The van der Waals surface area contributed by atoms with E-state index in [1.807, 2.05) is 59.4 Å². The van der Waals surface area contributed by atoms with E-state index in [1.54, 1.807) is 7.05 Å². The number of carbonyl (C=O) groups excluding carboxylic acids is 1. The van der Waals surface area contributed by atoms with E-state index in [-0.39, 0.29) is 18.0 Å². The number of anilines is 2. The van der Waals surface area contributed by atoms with Crippen molar-refractivity contribution in [1.82, 2.24) is 19.9 Å². The molecule has 35 heavy (non-hydrogen) atoms. The predicted molar refractivity (Wildman–Crippen MR) is 137 cm³/mol. The van der Waals surface area contributed by atoms with Crippen LogP contribution in [0.3, 0.4) is 0 Å². The molecule has 0 radical (unpaired) electrons. The van der Waals surface area contributed by atoms with E-state index in [0.717, 1.165) is 30.0 Å². The molecule has 2 aliphatic rings. The smallest absolute Gasteiger partial charge is 0.243 e. The van der Waals surface area contributed by atoms with Gasteiger partial charge in [0.05, 0.1) is 12.6 Å². The molecule has 0 saturated heterocycles. The zero-order valence-corrected chi connectivity index (χ0v) is 20.2. The van der Waals surface area contributed by atoms with Crippen molar-refractivity contribution in [3.63, 3.8) is 0 Å². The SMILES string of the molecule is CNc1nc(N[C@H](CC2CCCCC2)C(=O)N[C@@H]2CCOc3ccccc32)cc(-n2cccc2)n1. The van der Waals surface area contributed by atoms with Crippen LogP contribution >= 0.6 is 0 Å². The van der Waals surface area contributed by atoms with E-state index >= 15 is 0 Å². The summed E-state index contributed by atoms with van der Waals surface area (Å²) in [5.74, 6) is 3.27. The fourth-order valence-corrected chi connectivity index (χ4v) is 5.17. The number of nitrogens with one attached hydrogen (secondary N) is 3. The lowest BCUT2D eigenvalue weighted by Gasteiger charge is -2.30. The number of amides is 1. The standard InChI is InChI=1S/C27H34N6O2/c1-28-27-31-24(18-25(32-27)33-14-7-8-15-33)29-22(17-19-9-3-2-4-10-19)26(34)30-21-13-16-35-23-12-6-5-11-20(21)23/h5-8,11-12,14-15,18-19,21-22H,2-4,9-10,13,16-17H2,1H3,(H,30,34)(H2,28,29,31,32)/t21-,22-/m1/s1. The molecule has 1 amide bonds. The first kappa shape index (κ1) is 23.2. The van der Waals surface area contributed by atoms with Gasteiger partial charge in [0.25, 0.3) is 0 Å². The van der Waals surface area contributed by atoms with Crippen LogP contribution in [0, 0.1) is 5.92 Å². The average molecular weight is 475 g/mol. The third kappa shape index (κ3) is 5.58. The van der Waals surface area contributed by atoms with Gasteiger partial charge in [0.1, 0.15) is 23.4 Å². The molecule has 3 N–H and O–H groups in total. The molecule has 8 heteroatoms. The maximum absolute atomic E-state index is 13.7. The number of benzene rings is 1. The molecular weight excluding hydrogens is 440 g/mol. The molecule has 1 aliphatic heterocycles. The Kier molecular flexibility index (Phi) is 7.16. The van der Waals surface area contributed by atoms with Crippen LogP contribution < -0.4 is 20.7 Å². The highest BCUT2D eigenvalue weighted by molar-refractivity contribution is 5.85. The minimum absolute atomic E-state index is 0.00408. The van der Waals surface area contributed by atoms with Gasteiger partial charge in [0.15, 0.2) is 0 Å². The number of para-hydroxylation sites is 1. The Hall–Kier alpha value is -3.55. The normalized spacial score (nSPS) is 18.7. The van der Waals surface area contributed by atoms with Crippen LogP contribution in [-0.2, 0) is 4.79 Å². The van der Waals surface area contributed by atoms with Gasteiger partial charge in [-0.05, 0) is 30.5 Å². The zero-order chi connectivity index (χ0) is 24.0. The van der Waals surface area contributed by atoms with Crippen LogP contribution in [0.25, 0.3) is 5.82 Å². The van der Waals surface area contributed by atoms with E-state index < -0.39 is 0 Å². The van der Waals surface area contributed by atoms with E-state index in [4.69, 9.17) is 4.74 Å². The van der Waals surface area contributed by atoms with Crippen molar-refractivity contribution in [2.24, 2.45) is 5.92 Å². The maximum atomic E-state index is 13.7. The van der Waals surface area contributed by atoms with Crippen molar-refractivity contribution in [2.75, 3.05) is 24.3 Å². The number of rotatable bonds is 8. The number of hydrogen-bond acceptors (Lipinski definition) is 6. The molecule has 1 aliphatic carbocycles. The van der Waals surface area contributed by atoms with Crippen LogP contribution in [0.15, 0.2) is 54.9 Å². The summed E-state index contributed by atoms with van der Waals surface area (Å²) < 4.78 is 7.73. The van der Waals surface area contributed by atoms with Crippen LogP contribution in [0.1, 0.15) is 56.6 Å². The molecule has 0 spiro atoms. The summed E-state index contributed by atoms with van der Waals surface area (Å²) in [6.07, 6.45) is 11.5. The first-order valence-corrected chi connectivity index (χ1v) is 12.7. The average Bonchev–Trinajstić information content (AvgIpc) is 3.44. The zero-order valence-electron chi connectivity index (χ0n) is 20.2. The first-order valence-electron chi connectivity index (χ1n) is 12.7. The van der Waals surface area contributed by atoms with Gasteiger partial charge in [-0.25, -0.2) is 0 Å². The quantitative estimate of drug-likeness (QED) is 0.438. The number of hydrogen-bond donors (Lipinski definition) is 3. The van der Waals surface area contributed by atoms with Crippen molar-refractivity contribution in [3.8, 4) is 11.6 Å². The van der Waals surface area contributed by atoms with Crippen LogP contribution in [0.5, 0.6) is 5.75 Å². The lowest BCUT2D eigenvalue weighted by molar-refractivity contribution is -0.123. The van der Waals surface area contributed by atoms with Gasteiger partial charge in [-0.3, -0.25) is 4.79 Å². The second-order valence-corrected chi connectivity index (χ2v) is 9.45. The summed E-state index contributed by atoms with van der Waals surface area (Å²) in [7, 11) is 1.80. The highest BCUT2D eigenvalue weighted by atomic mass is 16.5. The summed E-state index contributed by atoms with van der Waals surface area (Å²) in [5.41, 5.74) is 1.04. The predicted octanol–water partition coefficient (Wildman–Crippen LogP) is 4.70. The van der Waals surface area contributed by atoms with Crippen LogP contribution in [0.4, 0.5) is 11.8 Å². The van der Waals surface area contributed by atoms with Crippen molar-refractivity contribution >= 4 is 17.7 Å². The Morgan fingerprint density at radius 3 is 2.69 bits per heavy atom. The minimum Gasteiger partial charge on any atom is -0.493 e. The molecule has 2 atom stereocenters. The molecule has 1 aromatic carbocycles. The second-order valence-electron chi connectivity index (χ2n) is 9.45. The van der Waals surface area contributed by atoms with Gasteiger partial charge in [0.2, 0.25) is 11.9 Å². The van der Waals surface area contributed by atoms with Crippen molar-refractivity contribution < 1.29 is 9.53 Å². The summed E-state index contributed by atoms with van der Waals surface area (Å²) in [4.78, 5) is 22.9. The summed E-state index contributed by atoms with van der Waals surface area (Å²) in [6, 6.07) is 13.3. The molecule has 1 saturated carbocycles. The van der Waals surface area contributed by atoms with Gasteiger partial charge in [0, 0.05) is 37.5 Å². The highest BCUT2D eigenvalue weighted by Gasteiger charge is 2.29. The van der Waals surface area contributed by atoms with E-state index in [2.05, 4.69) is 25.9 Å². The number of ether oxygens (including phenoxy) is 1. The monoisotopic (exact) mass is 474 g/mol. The maximum Gasteiger partial charge on any atom is 0.243 e. The van der Waals surface area contributed by atoms with Gasteiger partial charge in [-0.15, -0.1) is 0 Å². The minimum atomic E-state index is -0.384. The van der Waals surface area contributed by atoms with Crippen molar-refractivity contribution in [1.29, 1.82) is 0 Å². The molecule has 0 bridgehead atoms. The van der Waals surface area contributed by atoms with Crippen LogP contribution in [0.2, 0.25) is 0 Å². The number of nitrogens with zero attached hydrogens (tertiary/aromatic N) is 3. The third-order valence-corrected chi connectivity index (χ3v) is 7.01. The molecule has 184 valence electrons. The van der Waals surface area contributed by atoms with Gasteiger partial charge >= 0.3 is 0 Å². The Bertz CT molecular complexity index is 1130. The van der Waals surface area contributed by atoms with Gasteiger partial charge in [-0.2, -0.15) is 9.97 Å². The van der Waals surface area contributed by atoms with Crippen molar-refractivity contribution in [2.45, 2.75) is 57.0 Å². The van der Waals surface area contributed by atoms with Gasteiger partial charge < -0.3 is 25.3 Å². The topological polar surface area (TPSA) is 93.1 Å². The van der Waals surface area contributed by atoms with Crippen molar-refractivity contribution in [3.05, 3.63) is 60.4 Å². The summed E-state index contributed by atoms with van der Waals surface area (Å²) in [5, 5.41) is 9.82. The molecule has 2 aromatic heterocycles. The Morgan fingerprint density at radius 2 is 1.89 bits per heavy atom. The van der Waals surface area contributed by atoms with Gasteiger partial charge in [-0.1, -0.05) is 50.3 Å².